The van der Waals surface area contributed by atoms with Crippen LogP contribution >= 0.6 is 11.6 Å². The van der Waals surface area contributed by atoms with Gasteiger partial charge in [-0.25, -0.2) is 9.82 Å². The molecule has 0 saturated heterocycles. The Balaban J connectivity index is 2.40. The maximum atomic E-state index is 13.5. The lowest BCUT2D eigenvalue weighted by Crippen LogP contribution is -2.29. The van der Waals surface area contributed by atoms with Gasteiger partial charge in [-0.1, -0.05) is 35.9 Å². The van der Waals surface area contributed by atoms with Gasteiger partial charge in [0.1, 0.15) is 11.6 Å². The fourth-order valence-electron chi connectivity index (χ4n) is 1.91. The molecule has 0 aliphatic rings. The van der Waals surface area contributed by atoms with Crippen LogP contribution in [0, 0.1) is 5.82 Å². The lowest BCUT2D eigenvalue weighted by molar-refractivity contribution is 0.414. The Bertz CT molecular complexity index is 560. The summed E-state index contributed by atoms with van der Waals surface area (Å²) in [6, 6.07) is 11.6. The Morgan fingerprint density at radius 3 is 2.47 bits per heavy atom. The van der Waals surface area contributed by atoms with E-state index in [1.165, 1.54) is 6.07 Å². The zero-order valence-electron chi connectivity index (χ0n) is 10.4. The van der Waals surface area contributed by atoms with Gasteiger partial charge in [0, 0.05) is 0 Å². The van der Waals surface area contributed by atoms with Gasteiger partial charge in [-0.05, 0) is 29.3 Å². The van der Waals surface area contributed by atoms with Gasteiger partial charge in [-0.2, -0.15) is 0 Å². The number of hydrazine groups is 1. The second-order valence-electron chi connectivity index (χ2n) is 4.02. The van der Waals surface area contributed by atoms with Crippen molar-refractivity contribution in [1.82, 2.24) is 5.43 Å². The predicted molar refractivity (Wildman–Crippen MR) is 73.6 cm³/mol. The Morgan fingerprint density at radius 2 is 1.89 bits per heavy atom. The van der Waals surface area contributed by atoms with Gasteiger partial charge in [0.15, 0.2) is 0 Å². The van der Waals surface area contributed by atoms with E-state index in [-0.39, 0.29) is 11.1 Å². The summed E-state index contributed by atoms with van der Waals surface area (Å²) in [5, 5.41) is 0.0706. The molecule has 2 aromatic carbocycles. The van der Waals surface area contributed by atoms with Crippen molar-refractivity contribution in [3.8, 4) is 5.75 Å². The molecule has 3 nitrogen and oxygen atoms in total. The summed E-state index contributed by atoms with van der Waals surface area (Å²) in [7, 11) is 1.59. The lowest BCUT2D eigenvalue weighted by Gasteiger charge is -2.18. The molecule has 1 atom stereocenters. The van der Waals surface area contributed by atoms with Crippen molar-refractivity contribution in [3.63, 3.8) is 0 Å². The first-order valence-electron chi connectivity index (χ1n) is 5.71. The molecule has 0 radical (unpaired) electrons. The number of nitrogens with one attached hydrogen (secondary N) is 1. The SMILES string of the molecule is COc1ccc(C(NN)c2cccc(F)c2Cl)cc1. The van der Waals surface area contributed by atoms with E-state index in [0.717, 1.165) is 11.3 Å². The van der Waals surface area contributed by atoms with Crippen LogP contribution in [0.15, 0.2) is 42.5 Å². The van der Waals surface area contributed by atoms with E-state index < -0.39 is 5.82 Å². The number of ether oxygens (including phenoxy) is 1. The van der Waals surface area contributed by atoms with E-state index in [0.29, 0.717) is 5.56 Å². The first-order valence-corrected chi connectivity index (χ1v) is 6.09. The highest BCUT2D eigenvalue weighted by molar-refractivity contribution is 6.31. The van der Waals surface area contributed by atoms with Crippen molar-refractivity contribution in [1.29, 1.82) is 0 Å². The molecule has 2 aromatic rings. The summed E-state index contributed by atoms with van der Waals surface area (Å²) in [6.45, 7) is 0. The molecule has 0 aliphatic heterocycles. The Labute approximate surface area is 116 Å². The summed E-state index contributed by atoms with van der Waals surface area (Å²) in [5.41, 5.74) is 4.11. The van der Waals surface area contributed by atoms with Crippen LogP contribution in [0.1, 0.15) is 17.2 Å². The molecule has 100 valence electrons. The van der Waals surface area contributed by atoms with Crippen LogP contribution in [-0.2, 0) is 0 Å². The third kappa shape index (κ3) is 2.87. The second-order valence-corrected chi connectivity index (χ2v) is 4.39. The molecule has 0 aliphatic carbocycles. The van der Waals surface area contributed by atoms with Gasteiger partial charge >= 0.3 is 0 Å². The summed E-state index contributed by atoms with van der Waals surface area (Å²) in [4.78, 5) is 0. The quantitative estimate of drug-likeness (QED) is 0.668. The Morgan fingerprint density at radius 1 is 1.21 bits per heavy atom. The van der Waals surface area contributed by atoms with Gasteiger partial charge in [-0.3, -0.25) is 5.84 Å². The van der Waals surface area contributed by atoms with Crippen LogP contribution in [0.5, 0.6) is 5.75 Å². The van der Waals surface area contributed by atoms with Crippen molar-refractivity contribution in [2.24, 2.45) is 5.84 Å². The van der Waals surface area contributed by atoms with Gasteiger partial charge in [0.25, 0.3) is 0 Å². The molecule has 5 heteroatoms. The molecule has 1 unspecified atom stereocenters. The van der Waals surface area contributed by atoms with Crippen LogP contribution in [0.4, 0.5) is 4.39 Å². The van der Waals surface area contributed by atoms with Gasteiger partial charge < -0.3 is 4.74 Å². The van der Waals surface area contributed by atoms with Gasteiger partial charge in [0.2, 0.25) is 0 Å². The molecule has 0 bridgehead atoms. The second kappa shape index (κ2) is 6.02. The van der Waals surface area contributed by atoms with E-state index in [1.54, 1.807) is 19.2 Å². The highest BCUT2D eigenvalue weighted by Gasteiger charge is 2.17. The standard InChI is InChI=1S/C14H14ClFN2O/c1-19-10-7-5-9(6-8-10)14(18-17)11-3-2-4-12(16)13(11)15/h2-8,14,18H,17H2,1H3. The average Bonchev–Trinajstić information content (AvgIpc) is 2.45. The average molecular weight is 281 g/mol. The zero-order chi connectivity index (χ0) is 13.8. The topological polar surface area (TPSA) is 47.3 Å². The minimum Gasteiger partial charge on any atom is -0.497 e. The fraction of sp³-hybridized carbons (Fsp3) is 0.143. The minimum atomic E-state index is -0.465. The number of nitrogens with two attached hydrogens (primary N) is 1. The van der Waals surface area contributed by atoms with Crippen molar-refractivity contribution in [3.05, 3.63) is 64.4 Å². The van der Waals surface area contributed by atoms with Crippen LogP contribution < -0.4 is 16.0 Å². The van der Waals surface area contributed by atoms with Gasteiger partial charge in [-0.15, -0.1) is 0 Å². The maximum absolute atomic E-state index is 13.5. The molecule has 0 saturated carbocycles. The molecular weight excluding hydrogens is 267 g/mol. The molecule has 0 amide bonds. The normalized spacial score (nSPS) is 12.2. The highest BCUT2D eigenvalue weighted by atomic mass is 35.5. The lowest BCUT2D eigenvalue weighted by atomic mass is 9.99. The monoisotopic (exact) mass is 280 g/mol. The molecule has 0 fully saturated rings. The summed E-state index contributed by atoms with van der Waals surface area (Å²) >= 11 is 5.98. The van der Waals surface area contributed by atoms with Crippen molar-refractivity contribution in [2.75, 3.05) is 7.11 Å². The molecular formula is C14H14ClFN2O. The van der Waals surface area contributed by atoms with Crippen molar-refractivity contribution in [2.45, 2.75) is 6.04 Å². The van der Waals surface area contributed by atoms with Gasteiger partial charge in [0.05, 0.1) is 18.2 Å². The molecule has 19 heavy (non-hydrogen) atoms. The Kier molecular flexibility index (Phi) is 4.37. The number of hydrogen-bond acceptors (Lipinski definition) is 3. The minimum absolute atomic E-state index is 0.0706. The molecule has 0 heterocycles. The van der Waals surface area contributed by atoms with E-state index in [9.17, 15) is 4.39 Å². The van der Waals surface area contributed by atoms with Crippen LogP contribution in [0.2, 0.25) is 5.02 Å². The highest BCUT2D eigenvalue weighted by Crippen LogP contribution is 2.30. The van der Waals surface area contributed by atoms with Crippen LogP contribution in [0.3, 0.4) is 0 Å². The molecule has 0 spiro atoms. The van der Waals surface area contributed by atoms with E-state index in [4.69, 9.17) is 22.2 Å². The smallest absolute Gasteiger partial charge is 0.142 e. The summed E-state index contributed by atoms with van der Waals surface area (Å²) < 4.78 is 18.6. The number of methoxy groups -OCH3 is 1. The predicted octanol–water partition coefficient (Wildman–Crippen LogP) is 3.04. The largest absolute Gasteiger partial charge is 0.497 e. The van der Waals surface area contributed by atoms with Crippen LogP contribution in [0.25, 0.3) is 0 Å². The van der Waals surface area contributed by atoms with E-state index in [2.05, 4.69) is 5.43 Å². The first-order chi connectivity index (χ1) is 9.17. The Hall–Kier alpha value is -1.62. The van der Waals surface area contributed by atoms with Crippen LogP contribution in [-0.4, -0.2) is 7.11 Å². The van der Waals surface area contributed by atoms with E-state index in [1.807, 2.05) is 24.3 Å². The van der Waals surface area contributed by atoms with Crippen molar-refractivity contribution >= 4 is 11.6 Å². The number of benzene rings is 2. The molecule has 3 N–H and O–H groups in total. The summed E-state index contributed by atoms with van der Waals surface area (Å²) in [6.07, 6.45) is 0. The molecule has 2 rings (SSSR count). The fourth-order valence-corrected chi connectivity index (χ4v) is 2.14. The molecule has 0 aromatic heterocycles. The number of halogens is 2. The third-order valence-electron chi connectivity index (χ3n) is 2.91. The zero-order valence-corrected chi connectivity index (χ0v) is 11.1. The summed E-state index contributed by atoms with van der Waals surface area (Å²) in [5.74, 6) is 5.84. The van der Waals surface area contributed by atoms with E-state index >= 15 is 0 Å². The number of hydrogen-bond donors (Lipinski definition) is 2. The number of rotatable bonds is 4. The first kappa shape index (κ1) is 13.8. The maximum Gasteiger partial charge on any atom is 0.142 e. The third-order valence-corrected chi connectivity index (χ3v) is 3.31. The van der Waals surface area contributed by atoms with Crippen molar-refractivity contribution < 1.29 is 9.13 Å².